The minimum Gasteiger partial charge on any atom is -0.384 e. The lowest BCUT2D eigenvalue weighted by Crippen LogP contribution is -2.21. The third-order valence-corrected chi connectivity index (χ3v) is 1.90. The van der Waals surface area contributed by atoms with Crippen LogP contribution in [0.25, 0.3) is 0 Å². The summed E-state index contributed by atoms with van der Waals surface area (Å²) in [6.07, 6.45) is 0. The van der Waals surface area contributed by atoms with E-state index in [4.69, 9.17) is 10.5 Å². The molecule has 1 aromatic heterocycles. The van der Waals surface area contributed by atoms with Crippen LogP contribution in [0.15, 0.2) is 18.2 Å². The maximum absolute atomic E-state index is 5.54. The molecule has 1 heterocycles. The number of ether oxygens (including phenoxy) is 1. The first-order chi connectivity index (χ1) is 5.56. The Morgan fingerprint density at radius 2 is 2.08 bits per heavy atom. The Balaban J connectivity index is 3.03. The normalized spacial score (nSPS) is 11.6. The van der Waals surface area contributed by atoms with E-state index >= 15 is 0 Å². The molecular formula is C9H14N2O. The van der Waals surface area contributed by atoms with Crippen molar-refractivity contribution in [1.82, 2.24) is 4.98 Å². The summed E-state index contributed by atoms with van der Waals surface area (Å²) in [5.41, 5.74) is 6.03. The number of aromatic nitrogens is 1. The Hall–Kier alpha value is -1.09. The number of nitrogen functional groups attached to an aromatic ring is 1. The monoisotopic (exact) mass is 166 g/mol. The molecule has 2 N–H and O–H groups in total. The van der Waals surface area contributed by atoms with Gasteiger partial charge in [-0.25, -0.2) is 4.98 Å². The molecule has 0 aromatic carbocycles. The summed E-state index contributed by atoms with van der Waals surface area (Å²) in [6, 6.07) is 5.54. The Morgan fingerprint density at radius 3 is 2.58 bits per heavy atom. The highest BCUT2D eigenvalue weighted by Crippen LogP contribution is 2.21. The van der Waals surface area contributed by atoms with Crippen molar-refractivity contribution in [2.45, 2.75) is 19.4 Å². The van der Waals surface area contributed by atoms with Crippen LogP contribution >= 0.6 is 0 Å². The lowest BCUT2D eigenvalue weighted by atomic mass is 10.0. The molecule has 0 unspecified atom stereocenters. The van der Waals surface area contributed by atoms with E-state index in [9.17, 15) is 0 Å². The van der Waals surface area contributed by atoms with Crippen LogP contribution in [0.5, 0.6) is 0 Å². The van der Waals surface area contributed by atoms with Gasteiger partial charge in [0.25, 0.3) is 0 Å². The fraction of sp³-hybridized carbons (Fsp3) is 0.444. The number of anilines is 1. The van der Waals surface area contributed by atoms with Crippen LogP contribution in [0.4, 0.5) is 5.82 Å². The summed E-state index contributed by atoms with van der Waals surface area (Å²) in [5, 5.41) is 0. The van der Waals surface area contributed by atoms with Gasteiger partial charge in [0.1, 0.15) is 11.4 Å². The highest BCUT2D eigenvalue weighted by Gasteiger charge is 2.20. The van der Waals surface area contributed by atoms with Crippen molar-refractivity contribution in [3.05, 3.63) is 23.9 Å². The molecule has 12 heavy (non-hydrogen) atoms. The molecule has 0 aliphatic heterocycles. The predicted octanol–water partition coefficient (Wildman–Crippen LogP) is 1.55. The van der Waals surface area contributed by atoms with Crippen LogP contribution in [0, 0.1) is 0 Å². The highest BCUT2D eigenvalue weighted by atomic mass is 16.5. The Labute approximate surface area is 72.6 Å². The average molecular weight is 166 g/mol. The van der Waals surface area contributed by atoms with E-state index < -0.39 is 0 Å². The second-order valence-electron chi connectivity index (χ2n) is 3.16. The van der Waals surface area contributed by atoms with Crippen molar-refractivity contribution in [2.75, 3.05) is 12.8 Å². The van der Waals surface area contributed by atoms with Crippen LogP contribution in [0.3, 0.4) is 0 Å². The fourth-order valence-corrected chi connectivity index (χ4v) is 0.891. The minimum atomic E-state index is -0.366. The lowest BCUT2D eigenvalue weighted by molar-refractivity contribution is 0.0156. The zero-order chi connectivity index (χ0) is 9.19. The molecule has 1 aromatic rings. The molecule has 3 heteroatoms. The Bertz CT molecular complexity index is 271. The number of hydrogen-bond donors (Lipinski definition) is 1. The molecular weight excluding hydrogens is 152 g/mol. The number of pyridine rings is 1. The first-order valence-electron chi connectivity index (χ1n) is 3.84. The number of hydrogen-bond acceptors (Lipinski definition) is 3. The third kappa shape index (κ3) is 1.74. The van der Waals surface area contributed by atoms with Crippen LogP contribution in [-0.2, 0) is 10.3 Å². The molecule has 0 aliphatic carbocycles. The number of methoxy groups -OCH3 is 1. The van der Waals surface area contributed by atoms with Gasteiger partial charge in [-0.1, -0.05) is 6.07 Å². The molecule has 0 spiro atoms. The van der Waals surface area contributed by atoms with Crippen LogP contribution in [0.1, 0.15) is 19.5 Å². The fourth-order valence-electron chi connectivity index (χ4n) is 0.891. The van der Waals surface area contributed by atoms with Crippen molar-refractivity contribution in [1.29, 1.82) is 0 Å². The zero-order valence-corrected chi connectivity index (χ0v) is 7.66. The summed E-state index contributed by atoms with van der Waals surface area (Å²) in [4.78, 5) is 4.17. The first-order valence-corrected chi connectivity index (χ1v) is 3.84. The quantitative estimate of drug-likeness (QED) is 0.725. The van der Waals surface area contributed by atoms with Gasteiger partial charge in [-0.3, -0.25) is 0 Å². The van der Waals surface area contributed by atoms with E-state index in [1.54, 1.807) is 13.2 Å². The summed E-state index contributed by atoms with van der Waals surface area (Å²) >= 11 is 0. The predicted molar refractivity (Wildman–Crippen MR) is 48.7 cm³/mol. The van der Waals surface area contributed by atoms with Gasteiger partial charge in [-0.2, -0.15) is 0 Å². The van der Waals surface area contributed by atoms with Gasteiger partial charge in [-0.15, -0.1) is 0 Å². The summed E-state index contributed by atoms with van der Waals surface area (Å²) in [6.45, 7) is 3.91. The van der Waals surface area contributed by atoms with Gasteiger partial charge in [0.15, 0.2) is 0 Å². The topological polar surface area (TPSA) is 48.1 Å². The van der Waals surface area contributed by atoms with Gasteiger partial charge in [0.05, 0.1) is 5.69 Å². The summed E-state index contributed by atoms with van der Waals surface area (Å²) in [7, 11) is 1.66. The van der Waals surface area contributed by atoms with Gasteiger partial charge in [-0.05, 0) is 26.0 Å². The molecule has 0 radical (unpaired) electrons. The van der Waals surface area contributed by atoms with E-state index in [2.05, 4.69) is 4.98 Å². The smallest absolute Gasteiger partial charge is 0.123 e. The van der Waals surface area contributed by atoms with E-state index in [1.165, 1.54) is 0 Å². The largest absolute Gasteiger partial charge is 0.384 e. The van der Waals surface area contributed by atoms with Crippen LogP contribution in [-0.4, -0.2) is 12.1 Å². The van der Waals surface area contributed by atoms with Crippen molar-refractivity contribution >= 4 is 5.82 Å². The molecule has 0 atom stereocenters. The molecule has 0 saturated heterocycles. The minimum absolute atomic E-state index is 0.366. The van der Waals surface area contributed by atoms with Gasteiger partial charge < -0.3 is 10.5 Å². The van der Waals surface area contributed by atoms with E-state index in [1.807, 2.05) is 26.0 Å². The molecule has 0 aliphatic rings. The highest BCUT2D eigenvalue weighted by molar-refractivity contribution is 5.30. The SMILES string of the molecule is COC(C)(C)c1cccc(N)n1. The van der Waals surface area contributed by atoms with E-state index in [0.29, 0.717) is 5.82 Å². The van der Waals surface area contributed by atoms with Crippen molar-refractivity contribution in [2.24, 2.45) is 0 Å². The second kappa shape index (κ2) is 3.11. The first kappa shape index (κ1) is 9.00. The molecule has 0 fully saturated rings. The lowest BCUT2D eigenvalue weighted by Gasteiger charge is -2.22. The van der Waals surface area contributed by atoms with Crippen molar-refractivity contribution < 1.29 is 4.74 Å². The molecule has 3 nitrogen and oxygen atoms in total. The Kier molecular flexibility index (Phi) is 2.33. The van der Waals surface area contributed by atoms with Gasteiger partial charge in [0.2, 0.25) is 0 Å². The molecule has 1 rings (SSSR count). The average Bonchev–Trinajstić information content (AvgIpc) is 2.05. The van der Waals surface area contributed by atoms with Gasteiger partial charge >= 0.3 is 0 Å². The molecule has 0 amide bonds. The Morgan fingerprint density at radius 1 is 1.42 bits per heavy atom. The third-order valence-electron chi connectivity index (χ3n) is 1.90. The molecule has 66 valence electrons. The number of nitrogens with two attached hydrogens (primary N) is 1. The van der Waals surface area contributed by atoms with Crippen molar-refractivity contribution in [3.8, 4) is 0 Å². The summed E-state index contributed by atoms with van der Waals surface area (Å²) in [5.74, 6) is 0.526. The maximum atomic E-state index is 5.54. The van der Waals surface area contributed by atoms with Crippen molar-refractivity contribution in [3.63, 3.8) is 0 Å². The molecule has 0 saturated carbocycles. The van der Waals surface area contributed by atoms with Gasteiger partial charge in [0, 0.05) is 7.11 Å². The van der Waals surface area contributed by atoms with E-state index in [0.717, 1.165) is 5.69 Å². The molecule has 0 bridgehead atoms. The number of nitrogens with zero attached hydrogens (tertiary/aromatic N) is 1. The summed E-state index contributed by atoms with van der Waals surface area (Å²) < 4.78 is 5.26. The second-order valence-corrected chi connectivity index (χ2v) is 3.16. The standard InChI is InChI=1S/C9H14N2O/c1-9(2,12-3)7-5-4-6-8(10)11-7/h4-6H,1-3H3,(H2,10,11). The number of rotatable bonds is 2. The zero-order valence-electron chi connectivity index (χ0n) is 7.66. The maximum Gasteiger partial charge on any atom is 0.123 e. The van der Waals surface area contributed by atoms with Crippen LogP contribution in [0.2, 0.25) is 0 Å². The van der Waals surface area contributed by atoms with E-state index in [-0.39, 0.29) is 5.60 Å². The van der Waals surface area contributed by atoms with Crippen LogP contribution < -0.4 is 5.73 Å².